The SMILES string of the molecule is O=C(c1n[nH]c2ccccc12)N1CCN(C2CNC2)CC1. The summed E-state index contributed by atoms with van der Waals surface area (Å²) in [6, 6.07) is 8.44. The van der Waals surface area contributed by atoms with E-state index >= 15 is 0 Å². The average molecular weight is 285 g/mol. The second kappa shape index (κ2) is 5.13. The summed E-state index contributed by atoms with van der Waals surface area (Å²) in [5.74, 6) is 0.0406. The van der Waals surface area contributed by atoms with Crippen LogP contribution in [-0.4, -0.2) is 71.2 Å². The van der Waals surface area contributed by atoms with E-state index in [1.807, 2.05) is 29.2 Å². The van der Waals surface area contributed by atoms with E-state index in [1.54, 1.807) is 0 Å². The fourth-order valence-electron chi connectivity index (χ4n) is 3.10. The van der Waals surface area contributed by atoms with Crippen molar-refractivity contribution in [2.75, 3.05) is 39.3 Å². The van der Waals surface area contributed by atoms with Gasteiger partial charge in [0, 0.05) is 50.7 Å². The van der Waals surface area contributed by atoms with Crippen LogP contribution in [0.5, 0.6) is 0 Å². The molecule has 6 nitrogen and oxygen atoms in total. The molecule has 0 atom stereocenters. The van der Waals surface area contributed by atoms with Crippen LogP contribution in [0.15, 0.2) is 24.3 Å². The minimum atomic E-state index is 0.0406. The molecule has 2 fully saturated rings. The number of carbonyl (C=O) groups excluding carboxylic acids is 1. The summed E-state index contributed by atoms with van der Waals surface area (Å²) < 4.78 is 0. The zero-order chi connectivity index (χ0) is 14.2. The lowest BCUT2D eigenvalue weighted by atomic mass is 10.1. The van der Waals surface area contributed by atoms with Crippen LogP contribution in [-0.2, 0) is 0 Å². The van der Waals surface area contributed by atoms with Crippen LogP contribution in [0.25, 0.3) is 10.9 Å². The zero-order valence-corrected chi connectivity index (χ0v) is 11.9. The fourth-order valence-corrected chi connectivity index (χ4v) is 3.10. The number of carbonyl (C=O) groups is 1. The maximum Gasteiger partial charge on any atom is 0.275 e. The van der Waals surface area contributed by atoms with Gasteiger partial charge in [0.15, 0.2) is 5.69 Å². The topological polar surface area (TPSA) is 64.3 Å². The van der Waals surface area contributed by atoms with Gasteiger partial charge in [-0.25, -0.2) is 0 Å². The highest BCUT2D eigenvalue weighted by molar-refractivity contribution is 6.04. The van der Waals surface area contributed by atoms with E-state index in [4.69, 9.17) is 0 Å². The molecule has 1 aromatic heterocycles. The van der Waals surface area contributed by atoms with Crippen molar-refractivity contribution < 1.29 is 4.79 Å². The van der Waals surface area contributed by atoms with Crippen LogP contribution in [0.4, 0.5) is 0 Å². The van der Waals surface area contributed by atoms with Gasteiger partial charge in [0.25, 0.3) is 5.91 Å². The number of hydrogen-bond donors (Lipinski definition) is 2. The summed E-state index contributed by atoms with van der Waals surface area (Å²) in [7, 11) is 0. The van der Waals surface area contributed by atoms with E-state index in [1.165, 1.54) is 0 Å². The molecule has 2 N–H and O–H groups in total. The molecule has 21 heavy (non-hydrogen) atoms. The molecule has 2 aliphatic rings. The number of aromatic nitrogens is 2. The zero-order valence-electron chi connectivity index (χ0n) is 11.9. The molecular weight excluding hydrogens is 266 g/mol. The van der Waals surface area contributed by atoms with E-state index < -0.39 is 0 Å². The predicted molar refractivity (Wildman–Crippen MR) is 80.2 cm³/mol. The Balaban J connectivity index is 1.48. The van der Waals surface area contributed by atoms with Gasteiger partial charge in [-0.05, 0) is 6.07 Å². The van der Waals surface area contributed by atoms with Crippen LogP contribution in [0.2, 0.25) is 0 Å². The molecule has 2 aromatic rings. The van der Waals surface area contributed by atoms with Crippen molar-refractivity contribution in [3.05, 3.63) is 30.0 Å². The van der Waals surface area contributed by atoms with Gasteiger partial charge < -0.3 is 10.2 Å². The molecule has 0 radical (unpaired) electrons. The molecule has 0 unspecified atom stereocenters. The minimum Gasteiger partial charge on any atom is -0.335 e. The highest BCUT2D eigenvalue weighted by atomic mass is 16.2. The Hall–Kier alpha value is -1.92. The van der Waals surface area contributed by atoms with Crippen molar-refractivity contribution in [2.24, 2.45) is 0 Å². The number of rotatable bonds is 2. The molecule has 1 aromatic carbocycles. The van der Waals surface area contributed by atoms with Crippen molar-refractivity contribution in [1.29, 1.82) is 0 Å². The van der Waals surface area contributed by atoms with Gasteiger partial charge >= 0.3 is 0 Å². The summed E-state index contributed by atoms with van der Waals surface area (Å²) in [5.41, 5.74) is 1.46. The normalized spacial score (nSPS) is 20.7. The third-order valence-electron chi connectivity index (χ3n) is 4.55. The first-order valence-electron chi connectivity index (χ1n) is 7.50. The number of aromatic amines is 1. The second-order valence-electron chi connectivity index (χ2n) is 5.76. The predicted octanol–water partition coefficient (Wildman–Crippen LogP) is 0.292. The van der Waals surface area contributed by atoms with Gasteiger partial charge in [0.1, 0.15) is 0 Å². The summed E-state index contributed by atoms with van der Waals surface area (Å²) in [6.45, 7) is 5.66. The van der Waals surface area contributed by atoms with Gasteiger partial charge in [0.05, 0.1) is 5.52 Å². The van der Waals surface area contributed by atoms with E-state index in [2.05, 4.69) is 20.4 Å². The van der Waals surface area contributed by atoms with Gasteiger partial charge in [-0.15, -0.1) is 0 Å². The molecule has 0 spiro atoms. The highest BCUT2D eigenvalue weighted by Gasteiger charge is 2.30. The number of piperazine rings is 1. The molecule has 6 heteroatoms. The molecule has 0 aliphatic carbocycles. The minimum absolute atomic E-state index is 0.0406. The summed E-state index contributed by atoms with van der Waals surface area (Å²) in [6.07, 6.45) is 0. The molecular formula is C15H19N5O. The molecule has 2 aliphatic heterocycles. The summed E-state index contributed by atoms with van der Waals surface area (Å²) in [4.78, 5) is 17.0. The van der Waals surface area contributed by atoms with Gasteiger partial charge in [-0.1, -0.05) is 18.2 Å². The maximum atomic E-state index is 12.6. The number of H-pyrrole nitrogens is 1. The van der Waals surface area contributed by atoms with Crippen molar-refractivity contribution >= 4 is 16.8 Å². The number of nitrogens with zero attached hydrogens (tertiary/aromatic N) is 3. The Labute approximate surface area is 123 Å². The lowest BCUT2D eigenvalue weighted by Crippen LogP contribution is -2.62. The smallest absolute Gasteiger partial charge is 0.275 e. The van der Waals surface area contributed by atoms with E-state index in [9.17, 15) is 4.79 Å². The van der Waals surface area contributed by atoms with Gasteiger partial charge in [-0.2, -0.15) is 5.10 Å². The van der Waals surface area contributed by atoms with E-state index in [-0.39, 0.29) is 5.91 Å². The third kappa shape index (κ3) is 2.20. The van der Waals surface area contributed by atoms with Crippen LogP contribution >= 0.6 is 0 Å². The first kappa shape index (κ1) is 12.8. The van der Waals surface area contributed by atoms with Crippen molar-refractivity contribution in [3.8, 4) is 0 Å². The first-order chi connectivity index (χ1) is 10.3. The summed E-state index contributed by atoms with van der Waals surface area (Å²) in [5, 5.41) is 11.4. The summed E-state index contributed by atoms with van der Waals surface area (Å²) >= 11 is 0. The van der Waals surface area contributed by atoms with E-state index in [0.717, 1.165) is 50.2 Å². The van der Waals surface area contributed by atoms with E-state index in [0.29, 0.717) is 11.7 Å². The standard InChI is InChI=1S/C15H19N5O/c21-15(14-12-3-1-2-4-13(12)17-18-14)20-7-5-19(6-8-20)11-9-16-10-11/h1-4,11,16H,5-10H2,(H,17,18). The van der Waals surface area contributed by atoms with Crippen LogP contribution < -0.4 is 5.32 Å². The quantitative estimate of drug-likeness (QED) is 0.832. The Morgan fingerprint density at radius 3 is 2.62 bits per heavy atom. The lowest BCUT2D eigenvalue weighted by molar-refractivity contribution is 0.0499. The Morgan fingerprint density at radius 1 is 1.14 bits per heavy atom. The molecule has 3 heterocycles. The Morgan fingerprint density at radius 2 is 1.90 bits per heavy atom. The first-order valence-corrected chi connectivity index (χ1v) is 7.50. The van der Waals surface area contributed by atoms with Gasteiger partial charge in [-0.3, -0.25) is 14.8 Å². The average Bonchev–Trinajstić information content (AvgIpc) is 2.89. The van der Waals surface area contributed by atoms with Crippen molar-refractivity contribution in [1.82, 2.24) is 25.3 Å². The molecule has 1 amide bonds. The molecule has 4 rings (SSSR count). The third-order valence-corrected chi connectivity index (χ3v) is 4.55. The fraction of sp³-hybridized carbons (Fsp3) is 0.467. The van der Waals surface area contributed by atoms with Crippen LogP contribution in [0.1, 0.15) is 10.5 Å². The second-order valence-corrected chi connectivity index (χ2v) is 5.76. The van der Waals surface area contributed by atoms with Gasteiger partial charge in [0.2, 0.25) is 0 Å². The molecule has 0 bridgehead atoms. The molecule has 2 saturated heterocycles. The maximum absolute atomic E-state index is 12.6. The molecule has 110 valence electrons. The Kier molecular flexibility index (Phi) is 3.12. The van der Waals surface area contributed by atoms with Crippen LogP contribution in [0, 0.1) is 0 Å². The van der Waals surface area contributed by atoms with Crippen molar-refractivity contribution in [3.63, 3.8) is 0 Å². The number of hydrogen-bond acceptors (Lipinski definition) is 4. The number of benzene rings is 1. The molecule has 0 saturated carbocycles. The largest absolute Gasteiger partial charge is 0.335 e. The number of amides is 1. The number of nitrogens with one attached hydrogen (secondary N) is 2. The number of para-hydroxylation sites is 1. The number of fused-ring (bicyclic) bond motifs is 1. The van der Waals surface area contributed by atoms with Crippen LogP contribution in [0.3, 0.4) is 0 Å². The van der Waals surface area contributed by atoms with Crippen molar-refractivity contribution in [2.45, 2.75) is 6.04 Å². The monoisotopic (exact) mass is 285 g/mol. The Bertz CT molecular complexity index is 655. The highest BCUT2D eigenvalue weighted by Crippen LogP contribution is 2.18. The lowest BCUT2D eigenvalue weighted by Gasteiger charge is -2.43.